The zero-order valence-electron chi connectivity index (χ0n) is 16.0. The van der Waals surface area contributed by atoms with Gasteiger partial charge in [0.05, 0.1) is 18.0 Å². The Kier molecular flexibility index (Phi) is 7.31. The highest BCUT2D eigenvalue weighted by molar-refractivity contribution is 5.15. The molecule has 3 nitrogen and oxygen atoms in total. The molecule has 1 saturated carbocycles. The summed E-state index contributed by atoms with van der Waals surface area (Å²) in [5, 5.41) is 20.9. The van der Waals surface area contributed by atoms with Gasteiger partial charge in [0.15, 0.2) is 0 Å². The number of aliphatic hydroxyl groups excluding tert-OH is 2. The molecule has 0 saturated heterocycles. The Morgan fingerprint density at radius 3 is 2.85 bits per heavy atom. The first-order valence-electron chi connectivity index (χ1n) is 10.2. The molecule has 27 heavy (non-hydrogen) atoms. The van der Waals surface area contributed by atoms with Crippen molar-refractivity contribution >= 4 is 0 Å². The predicted molar refractivity (Wildman–Crippen MR) is 109 cm³/mol. The van der Waals surface area contributed by atoms with Crippen LogP contribution in [0.15, 0.2) is 67.0 Å². The quantitative estimate of drug-likeness (QED) is 0.749. The molecule has 2 N–H and O–H groups in total. The molecule has 0 radical (unpaired) electrons. The molecule has 1 aromatic rings. The molecule has 1 fully saturated rings. The highest BCUT2D eigenvalue weighted by atomic mass is 16.5. The fraction of sp³-hybridized carbons (Fsp3) is 0.500. The third-order valence-electron chi connectivity index (χ3n) is 5.74. The SMILES string of the molecule is C=C1CCC/C=C\C[C@@H]2[C@@H](/C=C/[C@@H](O)CCc3ccccc3)[C@H](O)C[C@@H]2O1. The summed E-state index contributed by atoms with van der Waals surface area (Å²) in [5.74, 6) is 1.07. The number of rotatable bonds is 5. The second kappa shape index (κ2) is 9.91. The molecule has 0 aromatic heterocycles. The van der Waals surface area contributed by atoms with Gasteiger partial charge in [0.2, 0.25) is 0 Å². The fourth-order valence-electron chi connectivity index (χ4n) is 4.19. The molecule has 3 heteroatoms. The average molecular weight is 369 g/mol. The van der Waals surface area contributed by atoms with E-state index in [1.165, 1.54) is 5.56 Å². The molecule has 1 aliphatic carbocycles. The van der Waals surface area contributed by atoms with Crippen molar-refractivity contribution in [3.05, 3.63) is 72.5 Å². The molecule has 1 aromatic carbocycles. The second-order valence-corrected chi connectivity index (χ2v) is 7.82. The number of aliphatic hydroxyl groups is 2. The largest absolute Gasteiger partial charge is 0.495 e. The first kappa shape index (κ1) is 19.9. The van der Waals surface area contributed by atoms with E-state index in [1.54, 1.807) is 0 Å². The van der Waals surface area contributed by atoms with E-state index in [1.807, 2.05) is 30.4 Å². The van der Waals surface area contributed by atoms with Crippen LogP contribution < -0.4 is 0 Å². The van der Waals surface area contributed by atoms with Crippen LogP contribution in [0.3, 0.4) is 0 Å². The Morgan fingerprint density at radius 2 is 2.04 bits per heavy atom. The lowest BCUT2D eigenvalue weighted by molar-refractivity contribution is 0.0698. The molecule has 3 rings (SSSR count). The molecule has 0 spiro atoms. The van der Waals surface area contributed by atoms with Gasteiger partial charge in [0.1, 0.15) is 6.10 Å². The van der Waals surface area contributed by atoms with Crippen molar-refractivity contribution < 1.29 is 14.9 Å². The number of ether oxygens (including phenoxy) is 1. The molecule has 2 aliphatic rings. The minimum atomic E-state index is -0.498. The van der Waals surface area contributed by atoms with Crippen LogP contribution >= 0.6 is 0 Å². The first-order valence-corrected chi connectivity index (χ1v) is 10.2. The van der Waals surface area contributed by atoms with Gasteiger partial charge < -0.3 is 14.9 Å². The topological polar surface area (TPSA) is 49.7 Å². The zero-order valence-corrected chi connectivity index (χ0v) is 16.0. The maximum absolute atomic E-state index is 10.6. The van der Waals surface area contributed by atoms with E-state index in [0.717, 1.165) is 37.9 Å². The van der Waals surface area contributed by atoms with Crippen LogP contribution in [0.5, 0.6) is 0 Å². The van der Waals surface area contributed by atoms with Crippen molar-refractivity contribution in [2.24, 2.45) is 11.8 Å². The van der Waals surface area contributed by atoms with Crippen LogP contribution in [0.1, 0.15) is 44.1 Å². The minimum Gasteiger partial charge on any atom is -0.495 e. The summed E-state index contributed by atoms with van der Waals surface area (Å²) in [7, 11) is 0. The maximum Gasteiger partial charge on any atom is 0.104 e. The molecule has 0 unspecified atom stereocenters. The van der Waals surface area contributed by atoms with Crippen molar-refractivity contribution in [3.8, 4) is 0 Å². The summed E-state index contributed by atoms with van der Waals surface area (Å²) in [6.07, 6.45) is 13.4. The molecule has 0 bridgehead atoms. The average Bonchev–Trinajstić information content (AvgIpc) is 2.96. The maximum atomic E-state index is 10.6. The third-order valence-corrected chi connectivity index (χ3v) is 5.74. The first-order chi connectivity index (χ1) is 13.1. The van der Waals surface area contributed by atoms with Crippen LogP contribution in [-0.4, -0.2) is 28.5 Å². The Bertz CT molecular complexity index is 649. The third kappa shape index (κ3) is 5.82. The van der Waals surface area contributed by atoms with Crippen LogP contribution in [0.4, 0.5) is 0 Å². The van der Waals surface area contributed by atoms with Gasteiger partial charge in [0.25, 0.3) is 0 Å². The number of aryl methyl sites for hydroxylation is 1. The number of allylic oxidation sites excluding steroid dienone is 3. The molecular weight excluding hydrogens is 336 g/mol. The van der Waals surface area contributed by atoms with Crippen LogP contribution in [-0.2, 0) is 11.2 Å². The molecular formula is C24H32O3. The van der Waals surface area contributed by atoms with Gasteiger partial charge in [-0.25, -0.2) is 0 Å². The predicted octanol–water partition coefficient (Wildman–Crippen LogP) is 4.56. The van der Waals surface area contributed by atoms with E-state index in [9.17, 15) is 10.2 Å². The van der Waals surface area contributed by atoms with Gasteiger partial charge in [-0.05, 0) is 37.7 Å². The van der Waals surface area contributed by atoms with E-state index in [-0.39, 0.29) is 17.9 Å². The smallest absolute Gasteiger partial charge is 0.104 e. The molecule has 0 amide bonds. The highest BCUT2D eigenvalue weighted by Gasteiger charge is 2.42. The lowest BCUT2D eigenvalue weighted by atomic mass is 9.89. The van der Waals surface area contributed by atoms with E-state index in [4.69, 9.17) is 4.74 Å². The summed E-state index contributed by atoms with van der Waals surface area (Å²) in [5.41, 5.74) is 1.23. The van der Waals surface area contributed by atoms with Crippen LogP contribution in [0, 0.1) is 11.8 Å². The van der Waals surface area contributed by atoms with Gasteiger partial charge in [-0.15, -0.1) is 0 Å². The molecule has 5 atom stereocenters. The van der Waals surface area contributed by atoms with Crippen molar-refractivity contribution in [1.29, 1.82) is 0 Å². The monoisotopic (exact) mass is 368 g/mol. The Balaban J connectivity index is 1.60. The van der Waals surface area contributed by atoms with Crippen molar-refractivity contribution in [2.45, 2.75) is 63.3 Å². The number of hydrogen-bond donors (Lipinski definition) is 2. The molecule has 1 aliphatic heterocycles. The summed E-state index contributed by atoms with van der Waals surface area (Å²) in [6, 6.07) is 10.2. The summed E-state index contributed by atoms with van der Waals surface area (Å²) in [4.78, 5) is 0. The molecule has 146 valence electrons. The summed E-state index contributed by atoms with van der Waals surface area (Å²) < 4.78 is 6.08. The van der Waals surface area contributed by atoms with E-state index >= 15 is 0 Å². The number of fused-ring (bicyclic) bond motifs is 1. The standard InChI is InChI=1S/C24H32O3/c1-18-9-5-2-3-8-12-22-21(23(26)17-24(22)27-18)16-15-20(25)14-13-19-10-6-4-7-11-19/h3-4,6-8,10-11,15-16,20-26H,1-2,5,9,12-14,17H2/b8-3-,16-15+/t20-,21+,22+,23+,24-/m0/s1. The normalized spacial score (nSPS) is 31.3. The highest BCUT2D eigenvalue weighted by Crippen LogP contribution is 2.39. The van der Waals surface area contributed by atoms with Crippen LogP contribution in [0.2, 0.25) is 0 Å². The number of hydrogen-bond acceptors (Lipinski definition) is 3. The van der Waals surface area contributed by atoms with Gasteiger partial charge in [-0.2, -0.15) is 0 Å². The second-order valence-electron chi connectivity index (χ2n) is 7.82. The van der Waals surface area contributed by atoms with Crippen LogP contribution in [0.25, 0.3) is 0 Å². The molecule has 1 heterocycles. The van der Waals surface area contributed by atoms with Crippen molar-refractivity contribution in [2.75, 3.05) is 0 Å². The van der Waals surface area contributed by atoms with Crippen molar-refractivity contribution in [1.82, 2.24) is 0 Å². The Labute approximate surface area is 163 Å². The van der Waals surface area contributed by atoms with Gasteiger partial charge in [-0.1, -0.05) is 61.2 Å². The lowest BCUT2D eigenvalue weighted by Crippen LogP contribution is -2.22. The number of benzene rings is 1. The fourth-order valence-corrected chi connectivity index (χ4v) is 4.19. The van der Waals surface area contributed by atoms with Gasteiger partial charge in [-0.3, -0.25) is 0 Å². The minimum absolute atomic E-state index is 0.00589. The summed E-state index contributed by atoms with van der Waals surface area (Å²) in [6.45, 7) is 4.04. The van der Waals surface area contributed by atoms with E-state index < -0.39 is 12.2 Å². The van der Waals surface area contributed by atoms with E-state index in [0.29, 0.717) is 12.8 Å². The van der Waals surface area contributed by atoms with E-state index in [2.05, 4.69) is 30.9 Å². The lowest BCUT2D eigenvalue weighted by Gasteiger charge is -2.25. The zero-order chi connectivity index (χ0) is 19.1. The Hall–Kier alpha value is -1.84. The summed E-state index contributed by atoms with van der Waals surface area (Å²) >= 11 is 0. The van der Waals surface area contributed by atoms with Gasteiger partial charge in [0, 0.05) is 24.7 Å². The Morgan fingerprint density at radius 1 is 1.22 bits per heavy atom. The van der Waals surface area contributed by atoms with Gasteiger partial charge >= 0.3 is 0 Å². The van der Waals surface area contributed by atoms with Crippen molar-refractivity contribution in [3.63, 3.8) is 0 Å².